The third-order valence-electron chi connectivity index (χ3n) is 5.44. The zero-order valence-corrected chi connectivity index (χ0v) is 15.5. The van der Waals surface area contributed by atoms with Crippen molar-refractivity contribution in [3.05, 3.63) is 47.3 Å². The molecule has 0 unspecified atom stereocenters. The van der Waals surface area contributed by atoms with Gasteiger partial charge in [0.15, 0.2) is 5.82 Å². The number of aromatic nitrogens is 2. The van der Waals surface area contributed by atoms with Crippen molar-refractivity contribution < 1.29 is 18.4 Å². The fourth-order valence-corrected chi connectivity index (χ4v) is 4.01. The van der Waals surface area contributed by atoms with Gasteiger partial charge in [0, 0.05) is 43.3 Å². The van der Waals surface area contributed by atoms with E-state index >= 15 is 0 Å². The van der Waals surface area contributed by atoms with Crippen LogP contribution in [0.25, 0.3) is 5.69 Å². The van der Waals surface area contributed by atoms with Crippen molar-refractivity contribution in [1.29, 1.82) is 0 Å². The fourth-order valence-electron chi connectivity index (χ4n) is 4.01. The third kappa shape index (κ3) is 3.63. The molecule has 0 saturated carbocycles. The minimum absolute atomic E-state index is 0.107. The van der Waals surface area contributed by atoms with Crippen molar-refractivity contribution in [3.8, 4) is 5.69 Å². The number of nitrogens with zero attached hydrogens (tertiary/aromatic N) is 3. The first-order chi connectivity index (χ1) is 13.5. The minimum atomic E-state index is -0.674. The van der Waals surface area contributed by atoms with Crippen LogP contribution >= 0.6 is 0 Å². The van der Waals surface area contributed by atoms with Gasteiger partial charge >= 0.3 is 0 Å². The molecule has 1 aromatic heterocycles. The van der Waals surface area contributed by atoms with Crippen LogP contribution in [0.2, 0.25) is 0 Å². The highest BCUT2D eigenvalue weighted by molar-refractivity contribution is 5.80. The summed E-state index contributed by atoms with van der Waals surface area (Å²) in [6.07, 6.45) is 5.64. The highest BCUT2D eigenvalue weighted by Gasteiger charge is 2.27. The first kappa shape index (κ1) is 18.6. The normalized spacial score (nSPS) is 19.0. The van der Waals surface area contributed by atoms with Crippen molar-refractivity contribution in [3.63, 3.8) is 0 Å². The molecule has 4 rings (SSSR count). The van der Waals surface area contributed by atoms with E-state index in [1.807, 2.05) is 0 Å². The van der Waals surface area contributed by atoms with E-state index in [4.69, 9.17) is 0 Å². The number of carbonyl (C=O) groups excluding carboxylic acids is 2. The van der Waals surface area contributed by atoms with Crippen LogP contribution in [0.4, 0.5) is 8.78 Å². The average molecular weight is 388 g/mol. The van der Waals surface area contributed by atoms with E-state index in [1.165, 1.54) is 16.8 Å². The average Bonchev–Trinajstić information content (AvgIpc) is 3.27. The molecule has 0 bridgehead atoms. The van der Waals surface area contributed by atoms with Crippen LogP contribution in [0.3, 0.4) is 0 Å². The molecular weight excluding hydrogens is 366 g/mol. The van der Waals surface area contributed by atoms with Gasteiger partial charge in [-0.2, -0.15) is 5.10 Å². The van der Waals surface area contributed by atoms with E-state index in [-0.39, 0.29) is 30.0 Å². The van der Waals surface area contributed by atoms with Crippen LogP contribution in [0.15, 0.2) is 24.4 Å². The lowest BCUT2D eigenvalue weighted by Gasteiger charge is -2.25. The van der Waals surface area contributed by atoms with E-state index in [2.05, 4.69) is 10.4 Å². The summed E-state index contributed by atoms with van der Waals surface area (Å²) in [5.74, 6) is -1.31. The lowest BCUT2D eigenvalue weighted by molar-refractivity contribution is -0.128. The number of nitrogens with one attached hydrogen (secondary N) is 1. The van der Waals surface area contributed by atoms with Gasteiger partial charge in [-0.05, 0) is 37.8 Å². The van der Waals surface area contributed by atoms with Gasteiger partial charge < -0.3 is 10.2 Å². The van der Waals surface area contributed by atoms with Gasteiger partial charge in [-0.15, -0.1) is 0 Å². The summed E-state index contributed by atoms with van der Waals surface area (Å²) in [4.78, 5) is 25.8. The number of rotatable bonds is 5. The molecule has 2 aromatic rings. The highest BCUT2D eigenvalue weighted by Crippen LogP contribution is 2.31. The first-order valence-electron chi connectivity index (χ1n) is 9.62. The molecule has 2 aliphatic rings. The number of hydrogen-bond donors (Lipinski definition) is 1. The summed E-state index contributed by atoms with van der Waals surface area (Å²) in [6.45, 7) is 1.15. The van der Waals surface area contributed by atoms with Crippen molar-refractivity contribution in [2.45, 2.75) is 44.6 Å². The van der Waals surface area contributed by atoms with Gasteiger partial charge in [0.1, 0.15) is 11.5 Å². The van der Waals surface area contributed by atoms with Gasteiger partial charge in [0.25, 0.3) is 0 Å². The van der Waals surface area contributed by atoms with Crippen LogP contribution in [0.5, 0.6) is 0 Å². The Labute approximate surface area is 161 Å². The predicted octanol–water partition coefficient (Wildman–Crippen LogP) is 2.66. The first-order valence-corrected chi connectivity index (χ1v) is 9.62. The second-order valence-corrected chi connectivity index (χ2v) is 7.30. The zero-order chi connectivity index (χ0) is 19.7. The van der Waals surface area contributed by atoms with Crippen LogP contribution in [0, 0.1) is 11.6 Å². The van der Waals surface area contributed by atoms with Crippen molar-refractivity contribution in [1.82, 2.24) is 20.0 Å². The molecule has 0 spiro atoms. The highest BCUT2D eigenvalue weighted by atomic mass is 19.1. The fraction of sp³-hybridized carbons (Fsp3) is 0.450. The molecule has 2 heterocycles. The van der Waals surface area contributed by atoms with E-state index in [0.717, 1.165) is 43.1 Å². The molecule has 1 saturated heterocycles. The summed E-state index contributed by atoms with van der Waals surface area (Å²) in [5.41, 5.74) is 1.89. The van der Waals surface area contributed by atoms with Gasteiger partial charge in [-0.3, -0.25) is 9.59 Å². The maximum Gasteiger partial charge on any atom is 0.222 e. The van der Waals surface area contributed by atoms with E-state index in [0.29, 0.717) is 19.4 Å². The second kappa shape index (κ2) is 7.69. The monoisotopic (exact) mass is 388 g/mol. The molecule has 1 fully saturated rings. The summed E-state index contributed by atoms with van der Waals surface area (Å²) in [5, 5.41) is 7.30. The van der Waals surface area contributed by atoms with Crippen molar-refractivity contribution in [2.75, 3.05) is 13.1 Å². The maximum absolute atomic E-state index is 14.2. The third-order valence-corrected chi connectivity index (χ3v) is 5.44. The number of carbonyl (C=O) groups is 2. The van der Waals surface area contributed by atoms with Crippen LogP contribution in [0.1, 0.15) is 49.4 Å². The Morgan fingerprint density at radius 3 is 2.86 bits per heavy atom. The van der Waals surface area contributed by atoms with Gasteiger partial charge in [0.2, 0.25) is 11.8 Å². The molecule has 8 heteroatoms. The Morgan fingerprint density at radius 2 is 2.11 bits per heavy atom. The van der Waals surface area contributed by atoms with Crippen LogP contribution in [-0.4, -0.2) is 39.6 Å². The minimum Gasteiger partial charge on any atom is -0.349 e. The second-order valence-electron chi connectivity index (χ2n) is 7.30. The standard InChI is InChI=1S/C20H22F2N4O2/c21-13-6-7-18(15(22)11-13)26-17-4-1-3-16(14(17)12-23-26)24-19(27)8-10-25-9-2-5-20(25)28/h6-7,11-12,16H,1-5,8-10H2,(H,24,27)/t16-/m0/s1. The molecule has 1 N–H and O–H groups in total. The maximum atomic E-state index is 14.2. The Balaban J connectivity index is 1.46. The zero-order valence-electron chi connectivity index (χ0n) is 15.5. The van der Waals surface area contributed by atoms with Crippen LogP contribution < -0.4 is 5.32 Å². The molecule has 28 heavy (non-hydrogen) atoms. The quantitative estimate of drug-likeness (QED) is 0.856. The van der Waals surface area contributed by atoms with E-state index in [9.17, 15) is 18.4 Å². The number of benzene rings is 1. The largest absolute Gasteiger partial charge is 0.349 e. The van der Waals surface area contributed by atoms with Gasteiger partial charge in [-0.25, -0.2) is 13.5 Å². The molecular formula is C20H22F2N4O2. The summed E-state index contributed by atoms with van der Waals surface area (Å²) >= 11 is 0. The van der Waals surface area contributed by atoms with E-state index < -0.39 is 11.6 Å². The smallest absolute Gasteiger partial charge is 0.222 e. The lowest BCUT2D eigenvalue weighted by Crippen LogP contribution is -2.34. The Bertz CT molecular complexity index is 912. The topological polar surface area (TPSA) is 67.2 Å². The Kier molecular flexibility index (Phi) is 5.11. The Hall–Kier alpha value is -2.77. The number of hydrogen-bond acceptors (Lipinski definition) is 3. The molecule has 2 amide bonds. The van der Waals surface area contributed by atoms with Crippen LogP contribution in [-0.2, 0) is 16.0 Å². The van der Waals surface area contributed by atoms with Gasteiger partial charge in [-0.1, -0.05) is 0 Å². The summed E-state index contributed by atoms with van der Waals surface area (Å²) < 4.78 is 28.9. The molecule has 1 aliphatic heterocycles. The number of likely N-dealkylation sites (tertiary alicyclic amines) is 1. The number of halogens is 2. The molecule has 1 aromatic carbocycles. The molecule has 148 valence electrons. The lowest BCUT2D eigenvalue weighted by atomic mass is 9.92. The molecule has 1 atom stereocenters. The molecule has 1 aliphatic carbocycles. The summed E-state index contributed by atoms with van der Waals surface area (Å²) in [7, 11) is 0. The Morgan fingerprint density at radius 1 is 1.25 bits per heavy atom. The predicted molar refractivity (Wildman–Crippen MR) is 97.7 cm³/mol. The number of fused-ring (bicyclic) bond motifs is 1. The van der Waals surface area contributed by atoms with Crippen molar-refractivity contribution >= 4 is 11.8 Å². The molecule has 0 radical (unpaired) electrons. The molecule has 6 nitrogen and oxygen atoms in total. The summed E-state index contributed by atoms with van der Waals surface area (Å²) in [6, 6.07) is 3.22. The van der Waals surface area contributed by atoms with Gasteiger partial charge in [0.05, 0.1) is 12.2 Å². The van der Waals surface area contributed by atoms with Crippen molar-refractivity contribution in [2.24, 2.45) is 0 Å². The number of amides is 2. The SMILES string of the molecule is O=C(CCN1CCCC1=O)N[C@H]1CCCc2c1cnn2-c1ccc(F)cc1F. The van der Waals surface area contributed by atoms with E-state index in [1.54, 1.807) is 11.1 Å².